The van der Waals surface area contributed by atoms with Crippen molar-refractivity contribution < 1.29 is 19.3 Å². The third-order valence-corrected chi connectivity index (χ3v) is 4.07. The fraction of sp³-hybridized carbons (Fsp3) is 0.455. The Bertz CT molecular complexity index is 682. The summed E-state index contributed by atoms with van der Waals surface area (Å²) in [6, 6.07) is 0.983. The quantitative estimate of drug-likeness (QED) is 0.334. The minimum Gasteiger partial charge on any atom is -0.383 e. The van der Waals surface area contributed by atoms with Crippen molar-refractivity contribution in [2.75, 3.05) is 4.43 Å². The zero-order chi connectivity index (χ0) is 15.1. The van der Waals surface area contributed by atoms with E-state index in [1.54, 1.807) is 22.6 Å². The number of aliphatic hydroxyl groups is 2. The number of aromatic amines is 1. The molecule has 0 spiro atoms. The molecular formula is C11H10FIN2O5. The molecule has 0 unspecified atom stereocenters. The molecule has 1 aromatic rings. The Morgan fingerprint density at radius 1 is 1.65 bits per heavy atom. The summed E-state index contributed by atoms with van der Waals surface area (Å²) in [5, 5.41) is 20.1. The van der Waals surface area contributed by atoms with Crippen molar-refractivity contribution in [1.82, 2.24) is 9.55 Å². The lowest BCUT2D eigenvalue weighted by molar-refractivity contribution is -0.169. The van der Waals surface area contributed by atoms with Gasteiger partial charge in [-0.25, -0.2) is 9.18 Å². The van der Waals surface area contributed by atoms with Crippen LogP contribution in [0.1, 0.15) is 6.23 Å². The van der Waals surface area contributed by atoms with Crippen LogP contribution in [-0.4, -0.2) is 41.8 Å². The summed E-state index contributed by atoms with van der Waals surface area (Å²) in [5.74, 6) is -0.754. The van der Waals surface area contributed by atoms with Crippen molar-refractivity contribution in [3.8, 4) is 12.3 Å². The zero-order valence-corrected chi connectivity index (χ0v) is 12.1. The number of terminal acetylenes is 1. The number of aliphatic hydroxyl groups excluding tert-OH is 1. The molecule has 108 valence electrons. The van der Waals surface area contributed by atoms with Crippen molar-refractivity contribution in [3.63, 3.8) is 0 Å². The highest BCUT2D eigenvalue weighted by molar-refractivity contribution is 14.1. The van der Waals surface area contributed by atoms with Crippen molar-refractivity contribution in [1.29, 1.82) is 0 Å². The first-order valence-electron chi connectivity index (χ1n) is 5.41. The van der Waals surface area contributed by atoms with E-state index < -0.39 is 35.0 Å². The molecule has 0 amide bonds. The summed E-state index contributed by atoms with van der Waals surface area (Å²) in [7, 11) is 0. The van der Waals surface area contributed by atoms with E-state index in [-0.39, 0.29) is 4.43 Å². The van der Waals surface area contributed by atoms with Crippen LogP contribution in [0.3, 0.4) is 0 Å². The summed E-state index contributed by atoms with van der Waals surface area (Å²) < 4.78 is 19.7. The van der Waals surface area contributed by atoms with Crippen LogP contribution in [0.15, 0.2) is 21.9 Å². The Morgan fingerprint density at radius 2 is 2.30 bits per heavy atom. The van der Waals surface area contributed by atoms with Crippen molar-refractivity contribution in [2.24, 2.45) is 0 Å². The lowest BCUT2D eigenvalue weighted by atomic mass is 9.94. The highest BCUT2D eigenvalue weighted by Gasteiger charge is 2.64. The van der Waals surface area contributed by atoms with Crippen LogP contribution < -0.4 is 11.2 Å². The van der Waals surface area contributed by atoms with Crippen LogP contribution in [0, 0.1) is 12.3 Å². The van der Waals surface area contributed by atoms with Gasteiger partial charge in [0.2, 0.25) is 11.5 Å². The van der Waals surface area contributed by atoms with Gasteiger partial charge < -0.3 is 14.9 Å². The molecule has 0 aromatic carbocycles. The second-order valence-corrected chi connectivity index (χ2v) is 5.04. The van der Waals surface area contributed by atoms with Gasteiger partial charge in [-0.15, -0.1) is 6.42 Å². The van der Waals surface area contributed by atoms with E-state index in [1.807, 2.05) is 10.9 Å². The SMILES string of the molecule is C#C[C@]1(O)[C@H](n2ccc(=O)[nH]c2=O)O[C@](F)(CI)[C@H]1O. The number of alkyl halides is 2. The molecule has 2 rings (SSSR count). The van der Waals surface area contributed by atoms with E-state index in [2.05, 4.69) is 0 Å². The van der Waals surface area contributed by atoms with Gasteiger partial charge in [-0.2, -0.15) is 0 Å². The van der Waals surface area contributed by atoms with Crippen LogP contribution in [-0.2, 0) is 4.74 Å². The van der Waals surface area contributed by atoms with Crippen molar-refractivity contribution in [2.45, 2.75) is 23.8 Å². The topological polar surface area (TPSA) is 105 Å². The van der Waals surface area contributed by atoms with Gasteiger partial charge >= 0.3 is 5.69 Å². The fourth-order valence-corrected chi connectivity index (χ4v) is 2.54. The van der Waals surface area contributed by atoms with E-state index in [0.29, 0.717) is 0 Å². The number of ether oxygens (including phenoxy) is 1. The van der Waals surface area contributed by atoms with Gasteiger partial charge in [-0.05, 0) is 0 Å². The highest BCUT2D eigenvalue weighted by Crippen LogP contribution is 2.45. The maximum Gasteiger partial charge on any atom is 0.330 e. The number of hydrogen-bond donors (Lipinski definition) is 3. The van der Waals surface area contributed by atoms with Gasteiger partial charge in [0.25, 0.3) is 5.56 Å². The average molecular weight is 396 g/mol. The lowest BCUT2D eigenvalue weighted by Crippen LogP contribution is -2.50. The van der Waals surface area contributed by atoms with E-state index in [4.69, 9.17) is 11.2 Å². The second kappa shape index (κ2) is 4.96. The fourth-order valence-electron chi connectivity index (χ4n) is 1.94. The predicted molar refractivity (Wildman–Crippen MR) is 74.0 cm³/mol. The van der Waals surface area contributed by atoms with Crippen LogP contribution in [0.25, 0.3) is 0 Å². The van der Waals surface area contributed by atoms with E-state index in [1.165, 1.54) is 0 Å². The first-order valence-corrected chi connectivity index (χ1v) is 6.93. The Morgan fingerprint density at radius 3 is 2.80 bits per heavy atom. The Hall–Kier alpha value is -1.22. The average Bonchev–Trinajstić information content (AvgIpc) is 2.62. The molecule has 0 saturated carbocycles. The van der Waals surface area contributed by atoms with Crippen LogP contribution in [0.2, 0.25) is 0 Å². The van der Waals surface area contributed by atoms with E-state index in [0.717, 1.165) is 16.8 Å². The smallest absolute Gasteiger partial charge is 0.330 e. The number of hydrogen-bond acceptors (Lipinski definition) is 5. The van der Waals surface area contributed by atoms with E-state index in [9.17, 15) is 24.2 Å². The summed E-state index contributed by atoms with van der Waals surface area (Å²) in [4.78, 5) is 24.6. The molecule has 0 aliphatic carbocycles. The van der Waals surface area contributed by atoms with Crippen molar-refractivity contribution >= 4 is 22.6 Å². The molecule has 1 aliphatic heterocycles. The molecule has 4 atom stereocenters. The van der Waals surface area contributed by atoms with Crippen LogP contribution in [0.4, 0.5) is 4.39 Å². The molecule has 20 heavy (non-hydrogen) atoms. The monoisotopic (exact) mass is 396 g/mol. The van der Waals surface area contributed by atoms with Crippen molar-refractivity contribution in [3.05, 3.63) is 33.1 Å². The Balaban J connectivity index is 2.59. The first kappa shape index (κ1) is 15.2. The first-order chi connectivity index (χ1) is 9.28. The predicted octanol–water partition coefficient (Wildman–Crippen LogP) is -1.11. The number of nitrogens with one attached hydrogen (secondary N) is 1. The summed E-state index contributed by atoms with van der Waals surface area (Å²) in [6.07, 6.45) is 2.44. The molecular weight excluding hydrogens is 386 g/mol. The molecule has 1 fully saturated rings. The second-order valence-electron chi connectivity index (χ2n) is 4.28. The van der Waals surface area contributed by atoms with Gasteiger partial charge in [-0.3, -0.25) is 14.3 Å². The zero-order valence-electron chi connectivity index (χ0n) is 9.92. The standard InChI is InChI=1S/C11H10FIN2O5/c1-2-10(19)7(17)11(12,5-13)20-8(10)15-4-3-6(16)14-9(15)18/h1,3-4,7-8,17,19H,5H2,(H,14,16,18)/t7-,8+,10+,11+/m0/s1. The van der Waals surface area contributed by atoms with E-state index >= 15 is 0 Å². The van der Waals surface area contributed by atoms with Gasteiger partial charge in [0.15, 0.2) is 12.3 Å². The molecule has 3 N–H and O–H groups in total. The molecule has 2 heterocycles. The lowest BCUT2D eigenvalue weighted by Gasteiger charge is -2.26. The molecule has 1 saturated heterocycles. The highest BCUT2D eigenvalue weighted by atomic mass is 127. The van der Waals surface area contributed by atoms with Gasteiger partial charge in [-0.1, -0.05) is 28.5 Å². The summed E-state index contributed by atoms with van der Waals surface area (Å²) >= 11 is 1.61. The number of halogens is 2. The number of rotatable bonds is 2. The minimum absolute atomic E-state index is 0.315. The molecule has 0 bridgehead atoms. The third-order valence-electron chi connectivity index (χ3n) is 3.03. The van der Waals surface area contributed by atoms with Crippen LogP contribution in [0.5, 0.6) is 0 Å². The van der Waals surface area contributed by atoms with Gasteiger partial charge in [0, 0.05) is 12.3 Å². The summed E-state index contributed by atoms with van der Waals surface area (Å²) in [6.45, 7) is 0. The number of nitrogens with zero attached hydrogens (tertiary/aromatic N) is 1. The normalized spacial score (nSPS) is 36.8. The van der Waals surface area contributed by atoms with Crippen LogP contribution >= 0.6 is 22.6 Å². The van der Waals surface area contributed by atoms with Gasteiger partial charge in [0.1, 0.15) is 0 Å². The minimum atomic E-state index is -2.61. The van der Waals surface area contributed by atoms with Gasteiger partial charge in [0.05, 0.1) is 4.43 Å². The third kappa shape index (κ3) is 2.08. The molecule has 9 heteroatoms. The number of aromatic nitrogens is 2. The Kier molecular flexibility index (Phi) is 3.76. The maximum atomic E-state index is 14.3. The Labute approximate surface area is 125 Å². The molecule has 7 nitrogen and oxygen atoms in total. The largest absolute Gasteiger partial charge is 0.383 e. The maximum absolute atomic E-state index is 14.3. The number of H-pyrrole nitrogens is 1. The molecule has 1 aliphatic rings. The molecule has 0 radical (unpaired) electrons. The molecule has 1 aromatic heterocycles. The summed E-state index contributed by atoms with van der Waals surface area (Å²) in [5.41, 5.74) is -4.06.